The van der Waals surface area contributed by atoms with E-state index in [1.807, 2.05) is 26.0 Å². The summed E-state index contributed by atoms with van der Waals surface area (Å²) in [6.45, 7) is 5.00. The van der Waals surface area contributed by atoms with Crippen LogP contribution in [-0.4, -0.2) is 36.6 Å². The molecule has 0 radical (unpaired) electrons. The molecule has 1 amide bonds. The number of hydrogen-bond acceptors (Lipinski definition) is 5. The summed E-state index contributed by atoms with van der Waals surface area (Å²) in [7, 11) is 0. The van der Waals surface area contributed by atoms with Crippen molar-refractivity contribution in [3.8, 4) is 0 Å². The summed E-state index contributed by atoms with van der Waals surface area (Å²) in [5.74, 6) is -0.495. The fourth-order valence-corrected chi connectivity index (χ4v) is 4.29. The Bertz CT molecular complexity index is 937. The summed E-state index contributed by atoms with van der Waals surface area (Å²) in [4.78, 5) is 27.7. The minimum atomic E-state index is -0.718. The summed E-state index contributed by atoms with van der Waals surface area (Å²) in [5, 5.41) is 3.64. The Morgan fingerprint density at radius 1 is 1.33 bits per heavy atom. The average molecular weight is 450 g/mol. The fraction of sp³-hybridized carbons (Fsp3) is 0.364. The predicted octanol–water partition coefficient (Wildman–Crippen LogP) is 3.87. The molecule has 160 valence electrons. The number of Topliss-reactive ketones (excluding diaryl/α,β-unsaturated/α-hetero) is 1. The lowest BCUT2D eigenvalue weighted by Crippen LogP contribution is -2.44. The molecule has 3 rings (SSSR count). The molecule has 1 aliphatic heterocycles. The van der Waals surface area contributed by atoms with E-state index in [-0.39, 0.29) is 30.3 Å². The van der Waals surface area contributed by atoms with Crippen LogP contribution in [0, 0.1) is 11.7 Å². The summed E-state index contributed by atoms with van der Waals surface area (Å²) in [5.41, 5.74) is 7.38. The minimum Gasteiger partial charge on any atom is -0.319 e. The van der Waals surface area contributed by atoms with Crippen molar-refractivity contribution in [2.24, 2.45) is 11.7 Å². The van der Waals surface area contributed by atoms with E-state index < -0.39 is 11.9 Å². The molecule has 0 aromatic heterocycles. The van der Waals surface area contributed by atoms with Gasteiger partial charge in [-0.05, 0) is 42.3 Å². The molecule has 1 heterocycles. The number of carbonyl (C=O) groups excluding carboxylic acids is 2. The monoisotopic (exact) mass is 449 g/mol. The van der Waals surface area contributed by atoms with E-state index in [1.165, 1.54) is 28.8 Å². The number of halogens is 2. The first-order valence-electron chi connectivity index (χ1n) is 9.78. The first kappa shape index (κ1) is 22.7. The number of rotatable bonds is 7. The highest BCUT2D eigenvalue weighted by Crippen LogP contribution is 2.37. The van der Waals surface area contributed by atoms with Crippen molar-refractivity contribution in [2.75, 3.05) is 23.7 Å². The zero-order valence-corrected chi connectivity index (χ0v) is 18.5. The second kappa shape index (κ2) is 9.92. The molecule has 1 aliphatic rings. The summed E-state index contributed by atoms with van der Waals surface area (Å²) < 4.78 is 14.7. The molecule has 0 saturated heterocycles. The van der Waals surface area contributed by atoms with Gasteiger partial charge in [0.1, 0.15) is 5.82 Å². The van der Waals surface area contributed by atoms with Crippen LogP contribution in [0.1, 0.15) is 29.8 Å². The van der Waals surface area contributed by atoms with Gasteiger partial charge in [0, 0.05) is 15.7 Å². The van der Waals surface area contributed by atoms with E-state index in [4.69, 9.17) is 17.3 Å². The number of nitrogens with two attached hydrogens (primary N) is 1. The van der Waals surface area contributed by atoms with Gasteiger partial charge in [-0.15, -0.1) is 11.8 Å². The normalized spacial score (nSPS) is 16.5. The van der Waals surface area contributed by atoms with Crippen LogP contribution in [0.2, 0.25) is 5.02 Å². The third-order valence-electron chi connectivity index (χ3n) is 4.73. The molecule has 0 spiro atoms. The van der Waals surface area contributed by atoms with E-state index in [9.17, 15) is 14.0 Å². The van der Waals surface area contributed by atoms with Crippen molar-refractivity contribution < 1.29 is 14.0 Å². The number of nitrogens with one attached hydrogen (secondary N) is 1. The Balaban J connectivity index is 1.95. The molecule has 0 fully saturated rings. The number of benzene rings is 2. The predicted molar refractivity (Wildman–Crippen MR) is 120 cm³/mol. The molecule has 3 N–H and O–H groups in total. The lowest BCUT2D eigenvalue weighted by Gasteiger charge is -2.25. The maximum Gasteiger partial charge on any atom is 0.245 e. The van der Waals surface area contributed by atoms with Crippen LogP contribution in [0.4, 0.5) is 10.1 Å². The topological polar surface area (TPSA) is 75.4 Å². The maximum atomic E-state index is 14.7. The van der Waals surface area contributed by atoms with Crippen molar-refractivity contribution in [2.45, 2.75) is 31.3 Å². The highest BCUT2D eigenvalue weighted by molar-refractivity contribution is 7.99. The number of nitrogens with zero attached hydrogens (tertiary/aromatic N) is 1. The second-order valence-corrected chi connectivity index (χ2v) is 9.21. The number of amides is 1. The Morgan fingerprint density at radius 2 is 2.03 bits per heavy atom. The van der Waals surface area contributed by atoms with Gasteiger partial charge in [-0.25, -0.2) is 4.39 Å². The van der Waals surface area contributed by atoms with Gasteiger partial charge in [-0.1, -0.05) is 37.6 Å². The number of fused-ring (bicyclic) bond motifs is 1. The minimum absolute atomic E-state index is 0.0324. The van der Waals surface area contributed by atoms with Crippen LogP contribution in [0.15, 0.2) is 41.3 Å². The third kappa shape index (κ3) is 5.40. The molecule has 1 atom stereocenters. The number of thioether (sulfide) groups is 1. The van der Waals surface area contributed by atoms with E-state index >= 15 is 0 Å². The Labute approximate surface area is 185 Å². The van der Waals surface area contributed by atoms with Crippen LogP contribution >= 0.6 is 23.4 Å². The standard InChI is InChI=1S/C22H25ClFN3O2S/c1-13(2)9-26-10-20(28)16-7-19-21(8-17(16)24)30-12-18(25)22(29)27(19)11-14-3-5-15(23)6-4-14/h3-8,13,18,26H,9-12,25H2,1-2H3/t18-/m0/s1. The Morgan fingerprint density at radius 3 is 2.70 bits per heavy atom. The largest absolute Gasteiger partial charge is 0.319 e. The first-order chi connectivity index (χ1) is 14.3. The van der Waals surface area contributed by atoms with Gasteiger partial charge in [0.2, 0.25) is 5.91 Å². The maximum absolute atomic E-state index is 14.7. The zero-order chi connectivity index (χ0) is 21.8. The number of carbonyl (C=O) groups is 2. The third-order valence-corrected chi connectivity index (χ3v) is 6.15. The number of ketones is 1. The van der Waals surface area contributed by atoms with Crippen molar-refractivity contribution in [1.29, 1.82) is 0 Å². The molecule has 0 saturated carbocycles. The number of anilines is 1. The smallest absolute Gasteiger partial charge is 0.245 e. The van der Waals surface area contributed by atoms with Gasteiger partial charge in [-0.3, -0.25) is 9.59 Å². The molecule has 30 heavy (non-hydrogen) atoms. The van der Waals surface area contributed by atoms with Crippen molar-refractivity contribution in [3.63, 3.8) is 0 Å². The average Bonchev–Trinajstić information content (AvgIpc) is 2.80. The summed E-state index contributed by atoms with van der Waals surface area (Å²) in [6.07, 6.45) is 0. The van der Waals surface area contributed by atoms with Gasteiger partial charge in [-0.2, -0.15) is 0 Å². The van der Waals surface area contributed by atoms with Crippen molar-refractivity contribution in [3.05, 3.63) is 58.4 Å². The van der Waals surface area contributed by atoms with Gasteiger partial charge in [0.25, 0.3) is 0 Å². The van der Waals surface area contributed by atoms with Gasteiger partial charge in [0.15, 0.2) is 5.78 Å². The van der Waals surface area contributed by atoms with Crippen LogP contribution in [-0.2, 0) is 11.3 Å². The molecule has 2 aromatic carbocycles. The molecule has 8 heteroatoms. The van der Waals surface area contributed by atoms with Gasteiger partial charge < -0.3 is 16.0 Å². The number of hydrogen-bond donors (Lipinski definition) is 2. The quantitative estimate of drug-likeness (QED) is 0.627. The molecular formula is C22H25ClFN3O2S. The van der Waals surface area contributed by atoms with E-state index in [1.54, 1.807) is 12.1 Å². The van der Waals surface area contributed by atoms with Gasteiger partial charge in [0.05, 0.1) is 30.4 Å². The summed E-state index contributed by atoms with van der Waals surface area (Å²) >= 11 is 7.28. The highest BCUT2D eigenvalue weighted by Gasteiger charge is 2.30. The molecule has 2 aromatic rings. The summed E-state index contributed by atoms with van der Waals surface area (Å²) in [6, 6.07) is 9.22. The van der Waals surface area contributed by atoms with Crippen molar-refractivity contribution in [1.82, 2.24) is 5.32 Å². The molecule has 0 aliphatic carbocycles. The first-order valence-corrected chi connectivity index (χ1v) is 11.1. The van der Waals surface area contributed by atoms with E-state index in [0.717, 1.165) is 5.56 Å². The Hall–Kier alpha value is -1.93. The molecule has 0 bridgehead atoms. The SMILES string of the molecule is CC(C)CNCC(=O)c1cc2c(cc1F)SC[C@H](N)C(=O)N2Cc1ccc(Cl)cc1. The molecular weight excluding hydrogens is 425 g/mol. The van der Waals surface area contributed by atoms with Gasteiger partial charge >= 0.3 is 0 Å². The van der Waals surface area contributed by atoms with E-state index in [0.29, 0.717) is 33.8 Å². The van der Waals surface area contributed by atoms with Crippen LogP contribution in [0.25, 0.3) is 0 Å². The van der Waals surface area contributed by atoms with Crippen LogP contribution in [0.3, 0.4) is 0 Å². The second-order valence-electron chi connectivity index (χ2n) is 7.72. The highest BCUT2D eigenvalue weighted by atomic mass is 35.5. The van der Waals surface area contributed by atoms with E-state index in [2.05, 4.69) is 5.32 Å². The molecule has 0 unspecified atom stereocenters. The lowest BCUT2D eigenvalue weighted by molar-refractivity contribution is -0.119. The fourth-order valence-electron chi connectivity index (χ4n) is 3.16. The van der Waals surface area contributed by atoms with Crippen LogP contribution < -0.4 is 16.0 Å². The zero-order valence-electron chi connectivity index (χ0n) is 17.0. The molecule has 5 nitrogen and oxygen atoms in total. The lowest BCUT2D eigenvalue weighted by atomic mass is 10.1. The Kier molecular flexibility index (Phi) is 7.52. The van der Waals surface area contributed by atoms with Crippen LogP contribution in [0.5, 0.6) is 0 Å². The van der Waals surface area contributed by atoms with Crippen molar-refractivity contribution >= 4 is 40.7 Å².